The number of aromatic amines is 2. The van der Waals surface area contributed by atoms with E-state index in [0.29, 0.717) is 16.9 Å². The van der Waals surface area contributed by atoms with Gasteiger partial charge in [0.1, 0.15) is 0 Å². The number of aromatic nitrogens is 2. The van der Waals surface area contributed by atoms with Crippen molar-refractivity contribution in [3.63, 3.8) is 0 Å². The number of nitrogens with one attached hydrogen (secondary N) is 2. The number of hydrogen-bond donors (Lipinski definition) is 2. The lowest BCUT2D eigenvalue weighted by Crippen LogP contribution is -2.06. The second-order valence-electron chi connectivity index (χ2n) is 6.32. The first-order valence-corrected chi connectivity index (χ1v) is 8.32. The summed E-state index contributed by atoms with van der Waals surface area (Å²) in [6.07, 6.45) is 0. The van der Waals surface area contributed by atoms with Crippen LogP contribution in [0.1, 0.15) is 0 Å². The van der Waals surface area contributed by atoms with Gasteiger partial charge in [0.25, 0.3) is 5.56 Å². The van der Waals surface area contributed by atoms with E-state index >= 15 is 0 Å². The van der Waals surface area contributed by atoms with Gasteiger partial charge in [-0.25, -0.2) is 0 Å². The SMILES string of the molecule is COc1cc2[nH]c(=O)c3cc4[nH]c5ccccc5c4cc3c2cc1OC. The molecule has 2 N–H and O–H groups in total. The minimum absolute atomic E-state index is 0.125. The maximum atomic E-state index is 12.7. The minimum atomic E-state index is -0.125. The third-order valence-corrected chi connectivity index (χ3v) is 4.95. The molecule has 2 aromatic heterocycles. The molecule has 26 heavy (non-hydrogen) atoms. The van der Waals surface area contributed by atoms with Crippen LogP contribution in [0, 0.1) is 0 Å². The van der Waals surface area contributed by atoms with Crippen LogP contribution in [-0.4, -0.2) is 24.2 Å². The molecular weight excluding hydrogens is 328 g/mol. The van der Waals surface area contributed by atoms with E-state index in [4.69, 9.17) is 9.47 Å². The monoisotopic (exact) mass is 344 g/mol. The van der Waals surface area contributed by atoms with E-state index in [1.165, 1.54) is 0 Å². The summed E-state index contributed by atoms with van der Waals surface area (Å²) in [5.41, 5.74) is 2.60. The normalized spacial score (nSPS) is 11.6. The van der Waals surface area contributed by atoms with E-state index < -0.39 is 0 Å². The molecule has 0 aliphatic rings. The number of rotatable bonds is 2. The molecule has 0 aliphatic heterocycles. The van der Waals surface area contributed by atoms with Gasteiger partial charge in [-0.05, 0) is 29.7 Å². The Labute approximate surface area is 148 Å². The van der Waals surface area contributed by atoms with Crippen molar-refractivity contribution >= 4 is 43.5 Å². The molecule has 0 saturated heterocycles. The molecule has 0 aliphatic carbocycles. The number of H-pyrrole nitrogens is 2. The van der Waals surface area contributed by atoms with E-state index in [9.17, 15) is 4.79 Å². The number of para-hydroxylation sites is 1. The van der Waals surface area contributed by atoms with Gasteiger partial charge in [-0.15, -0.1) is 0 Å². The van der Waals surface area contributed by atoms with Gasteiger partial charge in [0, 0.05) is 38.6 Å². The zero-order valence-electron chi connectivity index (χ0n) is 14.3. The van der Waals surface area contributed by atoms with Gasteiger partial charge in [-0.2, -0.15) is 0 Å². The molecule has 5 rings (SSSR count). The molecule has 0 spiro atoms. The highest BCUT2D eigenvalue weighted by molar-refractivity contribution is 6.16. The highest BCUT2D eigenvalue weighted by Crippen LogP contribution is 2.36. The Morgan fingerprint density at radius 2 is 1.35 bits per heavy atom. The quantitative estimate of drug-likeness (QED) is 0.468. The Morgan fingerprint density at radius 1 is 0.654 bits per heavy atom. The summed E-state index contributed by atoms with van der Waals surface area (Å²) in [4.78, 5) is 19.0. The molecule has 0 fully saturated rings. The van der Waals surface area contributed by atoms with Crippen molar-refractivity contribution in [2.75, 3.05) is 14.2 Å². The Bertz CT molecular complexity index is 1380. The predicted molar refractivity (Wildman–Crippen MR) is 105 cm³/mol. The molecule has 0 amide bonds. The molecule has 3 aromatic carbocycles. The third-order valence-electron chi connectivity index (χ3n) is 4.95. The van der Waals surface area contributed by atoms with Gasteiger partial charge < -0.3 is 19.4 Å². The Morgan fingerprint density at radius 3 is 2.15 bits per heavy atom. The van der Waals surface area contributed by atoms with Crippen LogP contribution in [-0.2, 0) is 0 Å². The number of pyridine rings is 1. The summed E-state index contributed by atoms with van der Waals surface area (Å²) < 4.78 is 10.8. The van der Waals surface area contributed by atoms with E-state index in [-0.39, 0.29) is 5.56 Å². The highest BCUT2D eigenvalue weighted by Gasteiger charge is 2.13. The first-order valence-electron chi connectivity index (χ1n) is 8.32. The fourth-order valence-corrected chi connectivity index (χ4v) is 3.70. The number of fused-ring (bicyclic) bond motifs is 6. The van der Waals surface area contributed by atoms with Crippen molar-refractivity contribution in [3.05, 3.63) is 58.9 Å². The average Bonchev–Trinajstić information content (AvgIpc) is 3.03. The molecular formula is C21H16N2O3. The van der Waals surface area contributed by atoms with Crippen LogP contribution < -0.4 is 15.0 Å². The highest BCUT2D eigenvalue weighted by atomic mass is 16.5. The molecule has 5 nitrogen and oxygen atoms in total. The van der Waals surface area contributed by atoms with Crippen LogP contribution in [0.3, 0.4) is 0 Å². The number of methoxy groups -OCH3 is 2. The van der Waals surface area contributed by atoms with Gasteiger partial charge >= 0.3 is 0 Å². The van der Waals surface area contributed by atoms with E-state index in [0.717, 1.165) is 38.1 Å². The van der Waals surface area contributed by atoms with Crippen molar-refractivity contribution in [1.82, 2.24) is 9.97 Å². The van der Waals surface area contributed by atoms with Crippen molar-refractivity contribution < 1.29 is 9.47 Å². The molecule has 0 radical (unpaired) electrons. The molecule has 5 aromatic rings. The van der Waals surface area contributed by atoms with E-state index in [1.807, 2.05) is 30.3 Å². The summed E-state index contributed by atoms with van der Waals surface area (Å²) in [6, 6.07) is 15.8. The summed E-state index contributed by atoms with van der Waals surface area (Å²) in [6.45, 7) is 0. The number of ether oxygens (including phenoxy) is 2. The third kappa shape index (κ3) is 1.94. The minimum Gasteiger partial charge on any atom is -0.493 e. The van der Waals surface area contributed by atoms with E-state index in [1.54, 1.807) is 20.3 Å². The summed E-state index contributed by atoms with van der Waals surface area (Å²) >= 11 is 0. The van der Waals surface area contributed by atoms with Crippen LogP contribution in [0.2, 0.25) is 0 Å². The lowest BCUT2D eigenvalue weighted by Gasteiger charge is -2.11. The zero-order chi connectivity index (χ0) is 17.8. The van der Waals surface area contributed by atoms with Gasteiger partial charge in [-0.3, -0.25) is 4.79 Å². The fourth-order valence-electron chi connectivity index (χ4n) is 3.70. The lowest BCUT2D eigenvalue weighted by atomic mass is 10.0. The molecule has 0 saturated carbocycles. The van der Waals surface area contributed by atoms with Crippen molar-refractivity contribution in [2.45, 2.75) is 0 Å². The van der Waals surface area contributed by atoms with Gasteiger partial charge in [0.15, 0.2) is 11.5 Å². The number of benzene rings is 3. The van der Waals surface area contributed by atoms with Crippen LogP contribution >= 0.6 is 0 Å². The smallest absolute Gasteiger partial charge is 0.256 e. The Balaban J connectivity index is 2.00. The van der Waals surface area contributed by atoms with Gasteiger partial charge in [0.05, 0.1) is 19.7 Å². The number of hydrogen-bond acceptors (Lipinski definition) is 3. The summed E-state index contributed by atoms with van der Waals surface area (Å²) in [5.74, 6) is 1.22. The second-order valence-corrected chi connectivity index (χ2v) is 6.32. The summed E-state index contributed by atoms with van der Waals surface area (Å²) in [5, 5.41) is 4.68. The standard InChI is InChI=1S/C21H16N2O3/c1-25-19-9-14-12-7-13-11-5-3-4-6-16(11)22-17(13)8-15(12)21(24)23-18(14)10-20(19)26-2/h3-10,22H,1-2H3,(H,23,24). The topological polar surface area (TPSA) is 67.1 Å². The first kappa shape index (κ1) is 14.8. The van der Waals surface area contributed by atoms with Gasteiger partial charge in [0.2, 0.25) is 0 Å². The molecule has 128 valence electrons. The largest absolute Gasteiger partial charge is 0.493 e. The van der Waals surface area contributed by atoms with Crippen LogP contribution in [0.4, 0.5) is 0 Å². The first-order chi connectivity index (χ1) is 12.7. The van der Waals surface area contributed by atoms with Crippen LogP contribution in [0.5, 0.6) is 11.5 Å². The molecule has 0 unspecified atom stereocenters. The van der Waals surface area contributed by atoms with Crippen molar-refractivity contribution in [3.8, 4) is 11.5 Å². The summed E-state index contributed by atoms with van der Waals surface area (Å²) in [7, 11) is 3.19. The van der Waals surface area contributed by atoms with Gasteiger partial charge in [-0.1, -0.05) is 18.2 Å². The molecule has 0 atom stereocenters. The van der Waals surface area contributed by atoms with Crippen LogP contribution in [0.25, 0.3) is 43.5 Å². The molecule has 5 heteroatoms. The van der Waals surface area contributed by atoms with Crippen molar-refractivity contribution in [1.29, 1.82) is 0 Å². The molecule has 0 bridgehead atoms. The maximum absolute atomic E-state index is 12.7. The average molecular weight is 344 g/mol. The Kier molecular flexibility index (Phi) is 3.00. The van der Waals surface area contributed by atoms with Crippen molar-refractivity contribution in [2.24, 2.45) is 0 Å². The Hall–Kier alpha value is -3.47. The predicted octanol–water partition coefficient (Wildman–Crippen LogP) is 4.33. The second kappa shape index (κ2) is 5.26. The van der Waals surface area contributed by atoms with E-state index in [2.05, 4.69) is 22.1 Å². The molecule has 2 heterocycles. The van der Waals surface area contributed by atoms with Crippen LogP contribution in [0.15, 0.2) is 53.3 Å². The maximum Gasteiger partial charge on any atom is 0.256 e. The fraction of sp³-hybridized carbons (Fsp3) is 0.0952. The lowest BCUT2D eigenvalue weighted by molar-refractivity contribution is 0.356. The zero-order valence-corrected chi connectivity index (χ0v) is 14.3.